The van der Waals surface area contributed by atoms with E-state index in [1.54, 1.807) is 4.68 Å². The molecule has 1 atom stereocenters. The number of rotatable bonds is 2. The Bertz CT molecular complexity index is 543. The second-order valence-electron chi connectivity index (χ2n) is 5.06. The summed E-state index contributed by atoms with van der Waals surface area (Å²) in [4.78, 5) is 0. The zero-order valence-corrected chi connectivity index (χ0v) is 10.6. The minimum absolute atomic E-state index is 0.300. The van der Waals surface area contributed by atoms with Crippen LogP contribution in [0.25, 0.3) is 0 Å². The molecule has 0 aromatic carbocycles. The summed E-state index contributed by atoms with van der Waals surface area (Å²) in [5, 5.41) is 18.1. The van der Waals surface area contributed by atoms with Crippen molar-refractivity contribution in [2.24, 2.45) is 7.05 Å². The van der Waals surface area contributed by atoms with Gasteiger partial charge in [-0.25, -0.2) is 0 Å². The number of hydrogen-bond acceptors (Lipinski definition) is 3. The molecule has 5 heteroatoms. The summed E-state index contributed by atoms with van der Waals surface area (Å²) < 4.78 is 3.81. The maximum atomic E-state index is 10.1. The maximum absolute atomic E-state index is 10.1. The highest BCUT2D eigenvalue weighted by molar-refractivity contribution is 5.28. The zero-order valence-electron chi connectivity index (χ0n) is 10.6. The molecule has 0 spiro atoms. The molecule has 0 amide bonds. The molecule has 0 radical (unpaired) electrons. The van der Waals surface area contributed by atoms with E-state index in [1.807, 2.05) is 13.2 Å². The summed E-state index contributed by atoms with van der Waals surface area (Å²) in [5.74, 6) is 0. The van der Waals surface area contributed by atoms with Crippen molar-refractivity contribution in [2.75, 3.05) is 0 Å². The number of aliphatic hydroxyl groups excluding tert-OH is 1. The summed E-state index contributed by atoms with van der Waals surface area (Å²) in [6, 6.07) is 0. The van der Waals surface area contributed by atoms with E-state index >= 15 is 0 Å². The third-order valence-electron chi connectivity index (χ3n) is 3.52. The third-order valence-corrected chi connectivity index (χ3v) is 3.52. The van der Waals surface area contributed by atoms with Crippen LogP contribution < -0.4 is 0 Å². The van der Waals surface area contributed by atoms with E-state index < -0.39 is 0 Å². The van der Waals surface area contributed by atoms with Gasteiger partial charge in [0.1, 0.15) is 5.69 Å². The second-order valence-corrected chi connectivity index (χ2v) is 5.06. The van der Waals surface area contributed by atoms with Gasteiger partial charge in [0.2, 0.25) is 0 Å². The van der Waals surface area contributed by atoms with Crippen molar-refractivity contribution in [3.8, 4) is 0 Å². The van der Waals surface area contributed by atoms with Crippen LogP contribution in [0.3, 0.4) is 0 Å². The maximum Gasteiger partial charge on any atom is 0.102 e. The van der Waals surface area contributed by atoms with E-state index in [2.05, 4.69) is 27.3 Å². The van der Waals surface area contributed by atoms with Crippen molar-refractivity contribution in [2.45, 2.75) is 38.3 Å². The second kappa shape index (κ2) is 4.57. The fourth-order valence-corrected chi connectivity index (χ4v) is 2.64. The lowest BCUT2D eigenvalue weighted by atomic mass is 10.1. The molecule has 1 unspecified atom stereocenters. The van der Waals surface area contributed by atoms with E-state index in [-0.39, 0.29) is 6.10 Å². The van der Waals surface area contributed by atoms with Gasteiger partial charge in [-0.05, 0) is 24.8 Å². The smallest absolute Gasteiger partial charge is 0.102 e. The third kappa shape index (κ3) is 2.18. The largest absolute Gasteiger partial charge is 0.388 e. The quantitative estimate of drug-likeness (QED) is 0.815. The molecule has 2 heterocycles. The van der Waals surface area contributed by atoms with Gasteiger partial charge in [-0.2, -0.15) is 0 Å². The molecule has 2 aromatic heterocycles. The highest BCUT2D eigenvalue weighted by atomic mass is 16.3. The molecule has 18 heavy (non-hydrogen) atoms. The van der Waals surface area contributed by atoms with E-state index in [0.717, 1.165) is 30.5 Å². The SMILES string of the molecule is Cn1cc(Cn2cc3c(c2)C(O)CCCC3)nn1. The first-order valence-electron chi connectivity index (χ1n) is 6.44. The Hall–Kier alpha value is -1.62. The van der Waals surface area contributed by atoms with Gasteiger partial charge >= 0.3 is 0 Å². The van der Waals surface area contributed by atoms with Crippen molar-refractivity contribution < 1.29 is 5.11 Å². The first-order chi connectivity index (χ1) is 8.72. The van der Waals surface area contributed by atoms with Crippen molar-refractivity contribution in [1.82, 2.24) is 19.6 Å². The molecular weight excluding hydrogens is 228 g/mol. The molecule has 1 aliphatic rings. The first kappa shape index (κ1) is 11.5. The van der Waals surface area contributed by atoms with Gasteiger partial charge in [-0.1, -0.05) is 11.6 Å². The van der Waals surface area contributed by atoms with E-state index in [1.165, 1.54) is 12.0 Å². The monoisotopic (exact) mass is 246 g/mol. The minimum Gasteiger partial charge on any atom is -0.388 e. The van der Waals surface area contributed by atoms with Crippen LogP contribution in [0.5, 0.6) is 0 Å². The van der Waals surface area contributed by atoms with Crippen molar-refractivity contribution in [3.63, 3.8) is 0 Å². The van der Waals surface area contributed by atoms with Crippen molar-refractivity contribution in [1.29, 1.82) is 0 Å². The van der Waals surface area contributed by atoms with Crippen LogP contribution >= 0.6 is 0 Å². The van der Waals surface area contributed by atoms with Crippen LogP contribution in [0.1, 0.15) is 42.2 Å². The number of aryl methyl sites for hydroxylation is 2. The molecule has 5 nitrogen and oxygen atoms in total. The summed E-state index contributed by atoms with van der Waals surface area (Å²) in [6.07, 6.45) is 10.0. The lowest BCUT2D eigenvalue weighted by Gasteiger charge is -2.06. The van der Waals surface area contributed by atoms with Crippen molar-refractivity contribution >= 4 is 0 Å². The van der Waals surface area contributed by atoms with Gasteiger partial charge in [-0.15, -0.1) is 5.10 Å². The van der Waals surface area contributed by atoms with Gasteiger partial charge in [0, 0.05) is 31.2 Å². The highest BCUT2D eigenvalue weighted by Gasteiger charge is 2.18. The molecule has 1 aliphatic carbocycles. The van der Waals surface area contributed by atoms with Crippen LogP contribution in [0.2, 0.25) is 0 Å². The molecule has 3 rings (SSSR count). The fourth-order valence-electron chi connectivity index (χ4n) is 2.64. The van der Waals surface area contributed by atoms with Crippen LogP contribution in [-0.2, 0) is 20.0 Å². The summed E-state index contributed by atoms with van der Waals surface area (Å²) >= 11 is 0. The molecule has 0 saturated heterocycles. The average Bonchev–Trinajstić information content (AvgIpc) is 2.88. The first-order valence-corrected chi connectivity index (χ1v) is 6.44. The van der Waals surface area contributed by atoms with Gasteiger partial charge in [0.25, 0.3) is 0 Å². The summed E-state index contributed by atoms with van der Waals surface area (Å²) in [6.45, 7) is 0.716. The highest BCUT2D eigenvalue weighted by Crippen LogP contribution is 2.29. The van der Waals surface area contributed by atoms with Crippen LogP contribution in [0.4, 0.5) is 0 Å². The number of fused-ring (bicyclic) bond motifs is 1. The number of hydrogen-bond donors (Lipinski definition) is 1. The van der Waals surface area contributed by atoms with Gasteiger partial charge in [0.05, 0.1) is 12.6 Å². The molecule has 0 aliphatic heterocycles. The van der Waals surface area contributed by atoms with E-state index in [9.17, 15) is 5.11 Å². The Balaban J connectivity index is 1.84. The zero-order chi connectivity index (χ0) is 12.5. The Labute approximate surface area is 106 Å². The predicted octanol–water partition coefficient (Wildman–Crippen LogP) is 1.42. The topological polar surface area (TPSA) is 55.9 Å². The van der Waals surface area contributed by atoms with E-state index in [4.69, 9.17) is 0 Å². The Morgan fingerprint density at radius 1 is 1.33 bits per heavy atom. The Morgan fingerprint density at radius 3 is 3.00 bits per heavy atom. The molecule has 0 saturated carbocycles. The van der Waals surface area contributed by atoms with Crippen molar-refractivity contribution in [3.05, 3.63) is 35.4 Å². The van der Waals surface area contributed by atoms with Crippen LogP contribution in [0, 0.1) is 0 Å². The van der Waals surface area contributed by atoms with Gasteiger partial charge in [0.15, 0.2) is 0 Å². The Morgan fingerprint density at radius 2 is 2.22 bits per heavy atom. The van der Waals surface area contributed by atoms with E-state index in [0.29, 0.717) is 6.54 Å². The van der Waals surface area contributed by atoms with Gasteiger partial charge < -0.3 is 9.67 Å². The molecule has 0 fully saturated rings. The molecule has 1 N–H and O–H groups in total. The van der Waals surface area contributed by atoms with Crippen LogP contribution in [-0.4, -0.2) is 24.7 Å². The lowest BCUT2D eigenvalue weighted by Crippen LogP contribution is -1.98. The molecule has 0 bridgehead atoms. The number of aliphatic hydroxyl groups is 1. The summed E-state index contributed by atoms with van der Waals surface area (Å²) in [5.41, 5.74) is 3.32. The minimum atomic E-state index is -0.300. The number of aromatic nitrogens is 4. The van der Waals surface area contributed by atoms with Crippen LogP contribution in [0.15, 0.2) is 18.6 Å². The average molecular weight is 246 g/mol. The summed E-state index contributed by atoms with van der Waals surface area (Å²) in [7, 11) is 1.87. The predicted molar refractivity (Wildman–Crippen MR) is 67.1 cm³/mol. The van der Waals surface area contributed by atoms with Gasteiger partial charge in [-0.3, -0.25) is 4.68 Å². The standard InChI is InChI=1S/C13H18N4O/c1-16-7-11(14-15-16)8-17-6-10-4-2-3-5-13(18)12(10)9-17/h6-7,9,13,18H,2-5,8H2,1H3. The molecular formula is C13H18N4O. The molecule has 96 valence electrons. The number of nitrogens with zero attached hydrogens (tertiary/aromatic N) is 4. The normalized spacial score (nSPS) is 19.6. The lowest BCUT2D eigenvalue weighted by molar-refractivity contribution is 0.166. The fraction of sp³-hybridized carbons (Fsp3) is 0.538. The molecule has 2 aromatic rings. The Kier molecular flexibility index (Phi) is 2.91.